The first-order valence-corrected chi connectivity index (χ1v) is 9.50. The van der Waals surface area contributed by atoms with E-state index in [1.165, 1.54) is 20.4 Å². The molecule has 0 fully saturated rings. The average molecular weight is 425 g/mol. The quantitative estimate of drug-likeness (QED) is 0.420. The van der Waals surface area contributed by atoms with E-state index >= 15 is 0 Å². The van der Waals surface area contributed by atoms with Crippen molar-refractivity contribution in [2.75, 3.05) is 14.2 Å². The number of nitrogens with zero attached hydrogens (tertiary/aromatic N) is 1. The Labute approximate surface area is 180 Å². The number of carbonyl (C=O) groups is 1. The molecule has 6 nitrogen and oxygen atoms in total. The minimum Gasteiger partial charge on any atom is -0.493 e. The molecule has 3 aromatic rings. The van der Waals surface area contributed by atoms with E-state index in [-0.39, 0.29) is 5.91 Å². The van der Waals surface area contributed by atoms with Crippen molar-refractivity contribution in [2.45, 2.75) is 6.61 Å². The molecule has 0 heterocycles. The number of amides is 1. The van der Waals surface area contributed by atoms with E-state index in [2.05, 4.69) is 10.5 Å². The molecule has 3 rings (SSSR count). The highest BCUT2D eigenvalue weighted by atomic mass is 35.5. The van der Waals surface area contributed by atoms with Crippen LogP contribution in [0.5, 0.6) is 17.2 Å². The molecule has 0 aromatic heterocycles. The number of methoxy groups -OCH3 is 2. The summed E-state index contributed by atoms with van der Waals surface area (Å²) in [6, 6.07) is 19.8. The fourth-order valence-corrected chi connectivity index (χ4v) is 2.79. The van der Waals surface area contributed by atoms with Crippen molar-refractivity contribution in [1.29, 1.82) is 0 Å². The molecule has 0 spiro atoms. The van der Waals surface area contributed by atoms with Gasteiger partial charge in [-0.05, 0) is 48.0 Å². The Morgan fingerprint density at radius 3 is 2.43 bits per heavy atom. The van der Waals surface area contributed by atoms with Crippen molar-refractivity contribution in [3.63, 3.8) is 0 Å². The molecule has 0 aliphatic carbocycles. The second-order valence-corrected chi connectivity index (χ2v) is 6.66. The van der Waals surface area contributed by atoms with Gasteiger partial charge in [0.2, 0.25) is 0 Å². The summed E-state index contributed by atoms with van der Waals surface area (Å²) in [4.78, 5) is 12.4. The zero-order valence-corrected chi connectivity index (χ0v) is 17.3. The SMILES string of the molecule is COc1ccc(C(=O)N/N=C/c2ccccc2OCc2ccc(Cl)cc2)cc1OC. The summed E-state index contributed by atoms with van der Waals surface area (Å²) in [5.41, 5.74) is 4.64. The van der Waals surface area contributed by atoms with Gasteiger partial charge < -0.3 is 14.2 Å². The lowest BCUT2D eigenvalue weighted by Crippen LogP contribution is -2.17. The van der Waals surface area contributed by atoms with Crippen LogP contribution in [0.2, 0.25) is 5.02 Å². The van der Waals surface area contributed by atoms with Gasteiger partial charge in [0.15, 0.2) is 11.5 Å². The monoisotopic (exact) mass is 424 g/mol. The van der Waals surface area contributed by atoms with E-state index in [4.69, 9.17) is 25.8 Å². The summed E-state index contributed by atoms with van der Waals surface area (Å²) in [7, 11) is 3.05. The predicted octanol–water partition coefficient (Wildman–Crippen LogP) is 4.70. The van der Waals surface area contributed by atoms with E-state index < -0.39 is 0 Å². The number of halogens is 1. The number of benzene rings is 3. The summed E-state index contributed by atoms with van der Waals surface area (Å²) in [5, 5.41) is 4.73. The lowest BCUT2D eigenvalue weighted by atomic mass is 10.2. The van der Waals surface area contributed by atoms with Crippen molar-refractivity contribution in [2.24, 2.45) is 5.10 Å². The van der Waals surface area contributed by atoms with Crippen molar-refractivity contribution < 1.29 is 19.0 Å². The van der Waals surface area contributed by atoms with Gasteiger partial charge in [-0.3, -0.25) is 4.79 Å². The molecular formula is C23H21ClN2O4. The van der Waals surface area contributed by atoms with Crippen LogP contribution in [-0.2, 0) is 6.61 Å². The molecule has 1 N–H and O–H groups in total. The first-order chi connectivity index (χ1) is 14.6. The molecule has 1 amide bonds. The number of ether oxygens (including phenoxy) is 3. The number of para-hydroxylation sites is 1. The van der Waals surface area contributed by atoms with Crippen LogP contribution < -0.4 is 19.6 Å². The van der Waals surface area contributed by atoms with Crippen LogP contribution in [0.3, 0.4) is 0 Å². The normalized spacial score (nSPS) is 10.6. The number of nitrogens with one attached hydrogen (secondary N) is 1. The zero-order chi connectivity index (χ0) is 21.3. The van der Waals surface area contributed by atoms with Gasteiger partial charge in [-0.25, -0.2) is 5.43 Å². The topological polar surface area (TPSA) is 69.2 Å². The lowest BCUT2D eigenvalue weighted by Gasteiger charge is -2.09. The first kappa shape index (κ1) is 21.2. The van der Waals surface area contributed by atoms with Gasteiger partial charge in [-0.15, -0.1) is 0 Å². The number of hydrazone groups is 1. The van der Waals surface area contributed by atoms with Crippen LogP contribution in [0.15, 0.2) is 71.8 Å². The molecule has 7 heteroatoms. The fourth-order valence-electron chi connectivity index (χ4n) is 2.66. The summed E-state index contributed by atoms with van der Waals surface area (Å²) in [6.45, 7) is 0.389. The smallest absolute Gasteiger partial charge is 0.271 e. The maximum atomic E-state index is 12.4. The molecule has 0 bridgehead atoms. The Morgan fingerprint density at radius 2 is 1.70 bits per heavy atom. The second kappa shape index (κ2) is 10.3. The Morgan fingerprint density at radius 1 is 0.967 bits per heavy atom. The largest absolute Gasteiger partial charge is 0.493 e. The number of rotatable bonds is 8. The standard InChI is InChI=1S/C23H21ClN2O4/c1-28-21-12-9-17(13-22(21)29-2)23(27)26-25-14-18-5-3-4-6-20(18)30-15-16-7-10-19(24)11-8-16/h3-14H,15H2,1-2H3,(H,26,27)/b25-14+. The van der Waals surface area contributed by atoms with Gasteiger partial charge in [-0.2, -0.15) is 5.10 Å². The number of hydrogen-bond donors (Lipinski definition) is 1. The van der Waals surface area contributed by atoms with Crippen LogP contribution >= 0.6 is 11.6 Å². The Balaban J connectivity index is 1.65. The summed E-state index contributed by atoms with van der Waals surface area (Å²) >= 11 is 5.91. The second-order valence-electron chi connectivity index (χ2n) is 6.22. The minimum absolute atomic E-state index is 0.369. The highest BCUT2D eigenvalue weighted by molar-refractivity contribution is 6.30. The fraction of sp³-hybridized carbons (Fsp3) is 0.130. The van der Waals surface area contributed by atoms with Gasteiger partial charge in [0.1, 0.15) is 12.4 Å². The van der Waals surface area contributed by atoms with E-state index in [1.54, 1.807) is 18.2 Å². The molecule has 154 valence electrons. The van der Waals surface area contributed by atoms with Crippen molar-refractivity contribution in [3.05, 3.63) is 88.4 Å². The van der Waals surface area contributed by atoms with E-state index in [1.807, 2.05) is 48.5 Å². The van der Waals surface area contributed by atoms with Crippen LogP contribution in [0.1, 0.15) is 21.5 Å². The van der Waals surface area contributed by atoms with E-state index in [0.717, 1.165) is 11.1 Å². The zero-order valence-electron chi connectivity index (χ0n) is 16.6. The number of hydrogen-bond acceptors (Lipinski definition) is 5. The van der Waals surface area contributed by atoms with Crippen molar-refractivity contribution in [1.82, 2.24) is 5.43 Å². The predicted molar refractivity (Wildman–Crippen MR) is 117 cm³/mol. The third-order valence-corrected chi connectivity index (χ3v) is 4.49. The Hall–Kier alpha value is -3.51. The molecule has 0 saturated heterocycles. The van der Waals surface area contributed by atoms with Gasteiger partial charge in [0.25, 0.3) is 5.91 Å². The summed E-state index contributed by atoms with van der Waals surface area (Å²) in [6.07, 6.45) is 1.54. The molecule has 0 atom stereocenters. The van der Waals surface area contributed by atoms with Crippen molar-refractivity contribution in [3.8, 4) is 17.2 Å². The Bertz CT molecular complexity index is 1040. The maximum absolute atomic E-state index is 12.4. The van der Waals surface area contributed by atoms with E-state index in [0.29, 0.717) is 34.4 Å². The van der Waals surface area contributed by atoms with Gasteiger partial charge in [0, 0.05) is 16.1 Å². The van der Waals surface area contributed by atoms with Crippen LogP contribution in [0.25, 0.3) is 0 Å². The highest BCUT2D eigenvalue weighted by Gasteiger charge is 2.10. The summed E-state index contributed by atoms with van der Waals surface area (Å²) < 4.78 is 16.3. The molecule has 30 heavy (non-hydrogen) atoms. The lowest BCUT2D eigenvalue weighted by molar-refractivity contribution is 0.0954. The molecule has 0 radical (unpaired) electrons. The molecule has 0 unspecified atom stereocenters. The summed E-state index contributed by atoms with van der Waals surface area (Å²) in [5.74, 6) is 1.29. The minimum atomic E-state index is -0.369. The number of carbonyl (C=O) groups excluding carboxylic acids is 1. The van der Waals surface area contributed by atoms with Crippen molar-refractivity contribution >= 4 is 23.7 Å². The molecule has 0 saturated carbocycles. The van der Waals surface area contributed by atoms with Crippen LogP contribution in [-0.4, -0.2) is 26.3 Å². The third-order valence-electron chi connectivity index (χ3n) is 4.24. The average Bonchev–Trinajstić information content (AvgIpc) is 2.78. The molecule has 0 aliphatic heterocycles. The molecule has 0 aliphatic rings. The Kier molecular flexibility index (Phi) is 7.29. The van der Waals surface area contributed by atoms with E-state index in [9.17, 15) is 4.79 Å². The first-order valence-electron chi connectivity index (χ1n) is 9.12. The van der Waals surface area contributed by atoms with Crippen LogP contribution in [0, 0.1) is 0 Å². The van der Waals surface area contributed by atoms with Gasteiger partial charge in [-0.1, -0.05) is 35.9 Å². The maximum Gasteiger partial charge on any atom is 0.271 e. The third kappa shape index (κ3) is 5.52. The highest BCUT2D eigenvalue weighted by Crippen LogP contribution is 2.27. The molecule has 3 aromatic carbocycles. The van der Waals surface area contributed by atoms with Gasteiger partial charge in [0.05, 0.1) is 20.4 Å². The van der Waals surface area contributed by atoms with Gasteiger partial charge >= 0.3 is 0 Å². The van der Waals surface area contributed by atoms with Crippen LogP contribution in [0.4, 0.5) is 0 Å². The molecular weight excluding hydrogens is 404 g/mol.